The van der Waals surface area contributed by atoms with Gasteiger partial charge in [-0.2, -0.15) is 0 Å². The van der Waals surface area contributed by atoms with Gasteiger partial charge in [-0.1, -0.05) is 45.7 Å². The van der Waals surface area contributed by atoms with Crippen LogP contribution in [0.25, 0.3) is 0 Å². The van der Waals surface area contributed by atoms with E-state index < -0.39 is 6.10 Å². The normalized spacial score (nSPS) is 12.4. The third kappa shape index (κ3) is 4.30. The zero-order valence-electron chi connectivity index (χ0n) is 10.1. The molecule has 0 radical (unpaired) electrons. The first kappa shape index (κ1) is 14.5. The van der Waals surface area contributed by atoms with E-state index in [1.54, 1.807) is 12.1 Å². The van der Waals surface area contributed by atoms with Crippen molar-refractivity contribution in [2.75, 3.05) is 0 Å². The van der Waals surface area contributed by atoms with E-state index in [9.17, 15) is 9.50 Å². The third-order valence-corrected chi connectivity index (χ3v) is 3.56. The Balaban J connectivity index is 2.03. The number of benzene rings is 2. The lowest BCUT2D eigenvalue weighted by Crippen LogP contribution is -2.14. The molecule has 0 bridgehead atoms. The maximum Gasteiger partial charge on any atom is 0.127 e. The smallest absolute Gasteiger partial charge is 0.127 e. The summed E-state index contributed by atoms with van der Waals surface area (Å²) in [5.74, 6) is -0.374. The van der Waals surface area contributed by atoms with Gasteiger partial charge in [0.15, 0.2) is 0 Å². The van der Waals surface area contributed by atoms with Gasteiger partial charge in [-0.05, 0) is 41.8 Å². The fourth-order valence-corrected chi connectivity index (χ4v) is 2.55. The highest BCUT2D eigenvalue weighted by Gasteiger charge is 2.11. The molecule has 19 heavy (non-hydrogen) atoms. The molecule has 1 atom stereocenters. The summed E-state index contributed by atoms with van der Waals surface area (Å²) in [7, 11) is 0. The Morgan fingerprint density at radius 1 is 1.16 bits per heavy atom. The summed E-state index contributed by atoms with van der Waals surface area (Å²) in [4.78, 5) is 0. The number of hydrogen-bond acceptors (Lipinski definition) is 1. The Labute approximate surface area is 125 Å². The number of aliphatic hydroxyl groups is 1. The maximum absolute atomic E-state index is 13.6. The molecule has 2 aromatic rings. The van der Waals surface area contributed by atoms with Crippen LogP contribution in [0.5, 0.6) is 0 Å². The number of halogens is 3. The monoisotopic (exact) mass is 342 g/mol. The third-order valence-electron chi connectivity index (χ3n) is 2.83. The summed E-state index contributed by atoms with van der Waals surface area (Å²) in [6.07, 6.45) is 0.141. The van der Waals surface area contributed by atoms with Crippen LogP contribution in [0, 0.1) is 5.82 Å². The molecule has 2 rings (SSSR count). The molecule has 100 valence electrons. The predicted molar refractivity (Wildman–Crippen MR) is 79.0 cm³/mol. The van der Waals surface area contributed by atoms with Crippen molar-refractivity contribution in [2.24, 2.45) is 0 Å². The molecule has 2 aromatic carbocycles. The maximum atomic E-state index is 13.6. The molecule has 4 heteroatoms. The zero-order chi connectivity index (χ0) is 13.8. The minimum absolute atomic E-state index is 0.273. The van der Waals surface area contributed by atoms with Crippen LogP contribution in [-0.4, -0.2) is 11.2 Å². The summed E-state index contributed by atoms with van der Waals surface area (Å²) in [6, 6.07) is 12.2. The Kier molecular flexibility index (Phi) is 4.97. The van der Waals surface area contributed by atoms with Crippen LogP contribution in [-0.2, 0) is 12.8 Å². The van der Waals surface area contributed by atoms with Gasteiger partial charge < -0.3 is 5.11 Å². The van der Waals surface area contributed by atoms with Gasteiger partial charge >= 0.3 is 0 Å². The van der Waals surface area contributed by atoms with Crippen molar-refractivity contribution in [1.29, 1.82) is 0 Å². The van der Waals surface area contributed by atoms with Crippen LogP contribution in [0.3, 0.4) is 0 Å². The van der Waals surface area contributed by atoms with Gasteiger partial charge in [-0.15, -0.1) is 0 Å². The number of hydrogen-bond donors (Lipinski definition) is 1. The Bertz CT molecular complexity index is 574. The van der Waals surface area contributed by atoms with E-state index in [0.717, 1.165) is 10.0 Å². The van der Waals surface area contributed by atoms with Crippen LogP contribution in [0.2, 0.25) is 5.02 Å². The van der Waals surface area contributed by atoms with E-state index in [4.69, 9.17) is 11.6 Å². The molecule has 0 saturated heterocycles. The predicted octanol–water partition coefficient (Wildman–Crippen LogP) is 4.39. The second-order valence-electron chi connectivity index (χ2n) is 4.43. The minimum atomic E-state index is -0.620. The van der Waals surface area contributed by atoms with Gasteiger partial charge in [0.25, 0.3) is 0 Å². The van der Waals surface area contributed by atoms with Crippen LogP contribution in [0.4, 0.5) is 4.39 Å². The molecule has 0 amide bonds. The van der Waals surface area contributed by atoms with E-state index in [1.807, 2.05) is 24.3 Å². The van der Waals surface area contributed by atoms with Gasteiger partial charge in [0, 0.05) is 15.9 Å². The number of aliphatic hydroxyl groups excluding tert-OH is 1. The molecule has 0 fully saturated rings. The highest BCUT2D eigenvalue weighted by molar-refractivity contribution is 9.10. The van der Waals surface area contributed by atoms with Crippen molar-refractivity contribution in [3.8, 4) is 0 Å². The fourth-order valence-electron chi connectivity index (χ4n) is 1.95. The highest BCUT2D eigenvalue weighted by atomic mass is 79.9. The molecule has 1 unspecified atom stereocenters. The first-order chi connectivity index (χ1) is 9.04. The highest BCUT2D eigenvalue weighted by Crippen LogP contribution is 2.18. The van der Waals surface area contributed by atoms with Crippen LogP contribution >= 0.6 is 27.5 Å². The molecule has 1 nitrogen and oxygen atoms in total. The SMILES string of the molecule is OC(Cc1cccc(Br)c1)Cc1ccc(Cl)cc1F. The van der Waals surface area contributed by atoms with Crippen molar-refractivity contribution >= 4 is 27.5 Å². The lowest BCUT2D eigenvalue weighted by atomic mass is 10.0. The Morgan fingerprint density at radius 2 is 1.95 bits per heavy atom. The van der Waals surface area contributed by atoms with Gasteiger partial charge in [-0.25, -0.2) is 4.39 Å². The van der Waals surface area contributed by atoms with Crippen LogP contribution in [0.1, 0.15) is 11.1 Å². The average Bonchev–Trinajstić information content (AvgIpc) is 2.33. The van der Waals surface area contributed by atoms with Crippen LogP contribution in [0.15, 0.2) is 46.9 Å². The van der Waals surface area contributed by atoms with Crippen molar-refractivity contribution in [1.82, 2.24) is 0 Å². The lowest BCUT2D eigenvalue weighted by molar-refractivity contribution is 0.174. The van der Waals surface area contributed by atoms with Gasteiger partial charge in [0.05, 0.1) is 6.10 Å². The molecule has 0 saturated carbocycles. The first-order valence-corrected chi connectivity index (χ1v) is 7.08. The molecule has 0 aliphatic carbocycles. The van der Waals surface area contributed by atoms with E-state index in [0.29, 0.717) is 17.0 Å². The molecule has 0 heterocycles. The lowest BCUT2D eigenvalue weighted by Gasteiger charge is -2.12. The second-order valence-corrected chi connectivity index (χ2v) is 5.78. The minimum Gasteiger partial charge on any atom is -0.392 e. The Hall–Kier alpha value is -0.900. The van der Waals surface area contributed by atoms with Crippen molar-refractivity contribution in [3.05, 3.63) is 68.9 Å². The van der Waals surface area contributed by atoms with Crippen molar-refractivity contribution < 1.29 is 9.50 Å². The molecule has 0 aromatic heterocycles. The van der Waals surface area contributed by atoms with Crippen molar-refractivity contribution in [3.63, 3.8) is 0 Å². The molecular formula is C15H13BrClFO. The zero-order valence-corrected chi connectivity index (χ0v) is 12.5. The van der Waals surface area contributed by atoms with Crippen molar-refractivity contribution in [2.45, 2.75) is 18.9 Å². The van der Waals surface area contributed by atoms with Crippen LogP contribution < -0.4 is 0 Å². The standard InChI is InChI=1S/C15H13BrClFO/c16-12-3-1-2-10(6-12)7-14(19)8-11-4-5-13(17)9-15(11)18/h1-6,9,14,19H,7-8H2. The van der Waals surface area contributed by atoms with Gasteiger partial charge in [0.2, 0.25) is 0 Å². The summed E-state index contributed by atoms with van der Waals surface area (Å²) in [6.45, 7) is 0. The quantitative estimate of drug-likeness (QED) is 0.873. The fraction of sp³-hybridized carbons (Fsp3) is 0.200. The molecule has 0 aliphatic heterocycles. The number of rotatable bonds is 4. The van der Waals surface area contributed by atoms with E-state index in [2.05, 4.69) is 15.9 Å². The average molecular weight is 344 g/mol. The van der Waals surface area contributed by atoms with E-state index in [1.165, 1.54) is 6.07 Å². The van der Waals surface area contributed by atoms with Gasteiger partial charge in [-0.3, -0.25) is 0 Å². The second kappa shape index (κ2) is 6.51. The van der Waals surface area contributed by atoms with Gasteiger partial charge in [0.1, 0.15) is 5.82 Å². The summed E-state index contributed by atoms with van der Waals surface area (Å²) >= 11 is 9.08. The van der Waals surface area contributed by atoms with E-state index >= 15 is 0 Å². The molecular weight excluding hydrogens is 331 g/mol. The molecule has 0 aliphatic rings. The summed E-state index contributed by atoms with van der Waals surface area (Å²) in [5, 5.41) is 10.4. The first-order valence-electron chi connectivity index (χ1n) is 5.91. The Morgan fingerprint density at radius 3 is 2.63 bits per heavy atom. The van der Waals surface area contributed by atoms with E-state index in [-0.39, 0.29) is 12.2 Å². The molecule has 0 spiro atoms. The summed E-state index contributed by atoms with van der Waals surface area (Å²) in [5.41, 5.74) is 1.49. The topological polar surface area (TPSA) is 20.2 Å². The summed E-state index contributed by atoms with van der Waals surface area (Å²) < 4.78 is 14.6. The largest absolute Gasteiger partial charge is 0.392 e. The molecule has 1 N–H and O–H groups in total.